The maximum absolute atomic E-state index is 12.4. The van der Waals surface area contributed by atoms with Gasteiger partial charge >= 0.3 is 5.97 Å². The molecule has 1 saturated heterocycles. The van der Waals surface area contributed by atoms with Gasteiger partial charge < -0.3 is 19.5 Å². The third kappa shape index (κ3) is 2.70. The molecule has 0 aliphatic carbocycles. The van der Waals surface area contributed by atoms with E-state index in [4.69, 9.17) is 14.9 Å². The Bertz CT molecular complexity index is 608. The molecule has 1 aromatic heterocycles. The number of aliphatic hydroxyl groups is 1. The van der Waals surface area contributed by atoms with Gasteiger partial charge in [-0.15, -0.1) is 0 Å². The molecule has 0 radical (unpaired) electrons. The maximum atomic E-state index is 12.4. The Balaban J connectivity index is 2.30. The lowest BCUT2D eigenvalue weighted by Crippen LogP contribution is -2.46. The van der Waals surface area contributed by atoms with Gasteiger partial charge in [0.05, 0.1) is 19.3 Å². The highest BCUT2D eigenvalue weighted by atomic mass is 32.2. The highest BCUT2D eigenvalue weighted by Gasteiger charge is 2.32. The molecule has 0 spiro atoms. The normalized spacial score (nSPS) is 21.0. The van der Waals surface area contributed by atoms with E-state index in [1.807, 2.05) is 0 Å². The summed E-state index contributed by atoms with van der Waals surface area (Å²) in [6, 6.07) is 1.13. The largest absolute Gasteiger partial charge is 0.477 e. The first-order valence-corrected chi connectivity index (χ1v) is 7.42. The van der Waals surface area contributed by atoms with Crippen molar-refractivity contribution in [3.05, 3.63) is 18.0 Å². The van der Waals surface area contributed by atoms with E-state index >= 15 is 0 Å². The van der Waals surface area contributed by atoms with E-state index in [2.05, 4.69) is 0 Å². The average molecular weight is 304 g/mol. The van der Waals surface area contributed by atoms with Gasteiger partial charge in [-0.05, 0) is 6.07 Å². The number of aryl methyl sites for hydroxylation is 1. The zero-order chi connectivity index (χ0) is 14.9. The lowest BCUT2D eigenvalue weighted by Gasteiger charge is -2.30. The molecule has 112 valence electrons. The van der Waals surface area contributed by atoms with Gasteiger partial charge in [-0.2, -0.15) is 4.31 Å². The highest BCUT2D eigenvalue weighted by molar-refractivity contribution is 7.89. The van der Waals surface area contributed by atoms with Crippen LogP contribution in [0.5, 0.6) is 0 Å². The summed E-state index contributed by atoms with van der Waals surface area (Å²) in [4.78, 5) is 10.9. The van der Waals surface area contributed by atoms with Gasteiger partial charge in [-0.25, -0.2) is 13.2 Å². The number of hydrogen-bond donors (Lipinski definition) is 2. The zero-order valence-electron chi connectivity index (χ0n) is 10.9. The van der Waals surface area contributed by atoms with Crippen molar-refractivity contribution in [1.29, 1.82) is 0 Å². The van der Waals surface area contributed by atoms with Gasteiger partial charge in [0.15, 0.2) is 0 Å². The zero-order valence-corrected chi connectivity index (χ0v) is 11.7. The SMILES string of the molecule is Cn1cc(S(=O)(=O)N2CCOC(CO)C2)cc1C(=O)O. The molecule has 2 rings (SSSR count). The second-order valence-electron chi connectivity index (χ2n) is 4.52. The molecule has 1 atom stereocenters. The molecule has 20 heavy (non-hydrogen) atoms. The first-order chi connectivity index (χ1) is 9.36. The van der Waals surface area contributed by atoms with Crippen molar-refractivity contribution in [3.8, 4) is 0 Å². The minimum atomic E-state index is -3.78. The van der Waals surface area contributed by atoms with Crippen molar-refractivity contribution >= 4 is 16.0 Å². The Morgan fingerprint density at radius 3 is 2.80 bits per heavy atom. The Kier molecular flexibility index (Phi) is 4.14. The third-order valence-electron chi connectivity index (χ3n) is 3.14. The lowest BCUT2D eigenvalue weighted by molar-refractivity contribution is -0.0304. The molecule has 1 aromatic rings. The molecule has 9 heteroatoms. The van der Waals surface area contributed by atoms with Crippen LogP contribution in [0, 0.1) is 0 Å². The molecular formula is C11H16N2O6S. The van der Waals surface area contributed by atoms with Crippen LogP contribution in [0.25, 0.3) is 0 Å². The predicted octanol–water partition coefficient (Wildman–Crippen LogP) is -0.895. The summed E-state index contributed by atoms with van der Waals surface area (Å²) in [7, 11) is -2.31. The number of rotatable bonds is 4. The van der Waals surface area contributed by atoms with E-state index in [0.29, 0.717) is 0 Å². The fraction of sp³-hybridized carbons (Fsp3) is 0.545. The van der Waals surface area contributed by atoms with Gasteiger partial charge in [0.1, 0.15) is 10.6 Å². The quantitative estimate of drug-likeness (QED) is 0.746. The van der Waals surface area contributed by atoms with E-state index < -0.39 is 22.1 Å². The minimum Gasteiger partial charge on any atom is -0.477 e. The summed E-state index contributed by atoms with van der Waals surface area (Å²) in [6.07, 6.45) is 0.712. The number of aliphatic hydroxyl groups excluding tert-OH is 1. The smallest absolute Gasteiger partial charge is 0.352 e. The molecular weight excluding hydrogens is 288 g/mol. The van der Waals surface area contributed by atoms with Crippen LogP contribution in [0.3, 0.4) is 0 Å². The molecule has 0 bridgehead atoms. The molecule has 2 N–H and O–H groups in total. The Hall–Kier alpha value is -1.42. The van der Waals surface area contributed by atoms with Crippen molar-refractivity contribution in [2.24, 2.45) is 7.05 Å². The van der Waals surface area contributed by atoms with Crippen molar-refractivity contribution < 1.29 is 28.2 Å². The molecule has 1 aliphatic rings. The third-order valence-corrected chi connectivity index (χ3v) is 4.97. The van der Waals surface area contributed by atoms with Crippen LogP contribution in [0.4, 0.5) is 0 Å². The Labute approximate surface area is 116 Å². The monoisotopic (exact) mass is 304 g/mol. The number of aromatic nitrogens is 1. The molecule has 1 fully saturated rings. The molecule has 0 aromatic carbocycles. The van der Waals surface area contributed by atoms with Crippen LogP contribution in [0.2, 0.25) is 0 Å². The summed E-state index contributed by atoms with van der Waals surface area (Å²) in [6.45, 7) is 0.163. The van der Waals surface area contributed by atoms with Crippen molar-refractivity contribution in [2.45, 2.75) is 11.0 Å². The number of carboxylic acids is 1. The fourth-order valence-corrected chi connectivity index (χ4v) is 3.59. The van der Waals surface area contributed by atoms with Gasteiger partial charge in [0.2, 0.25) is 10.0 Å². The van der Waals surface area contributed by atoms with Crippen LogP contribution in [-0.2, 0) is 21.8 Å². The summed E-state index contributed by atoms with van der Waals surface area (Å²) in [5, 5.41) is 18.0. The average Bonchev–Trinajstić information content (AvgIpc) is 2.82. The number of carboxylic acid groups (broad SMARTS) is 1. The van der Waals surface area contributed by atoms with E-state index in [9.17, 15) is 13.2 Å². The van der Waals surface area contributed by atoms with E-state index in [1.54, 1.807) is 0 Å². The van der Waals surface area contributed by atoms with Gasteiger partial charge in [0, 0.05) is 26.3 Å². The summed E-state index contributed by atoms with van der Waals surface area (Å²) in [5.41, 5.74) is -0.101. The van der Waals surface area contributed by atoms with Gasteiger partial charge in [-0.1, -0.05) is 0 Å². The number of sulfonamides is 1. The second kappa shape index (κ2) is 5.52. The molecule has 8 nitrogen and oxygen atoms in total. The summed E-state index contributed by atoms with van der Waals surface area (Å²) < 4.78 is 32.5. The number of nitrogens with zero attached hydrogens (tertiary/aromatic N) is 2. The molecule has 1 aliphatic heterocycles. The number of hydrogen-bond acceptors (Lipinski definition) is 5. The fourth-order valence-electron chi connectivity index (χ4n) is 2.06. The van der Waals surface area contributed by atoms with Crippen molar-refractivity contribution in [1.82, 2.24) is 8.87 Å². The van der Waals surface area contributed by atoms with E-state index in [1.165, 1.54) is 22.1 Å². The van der Waals surface area contributed by atoms with Crippen molar-refractivity contribution in [3.63, 3.8) is 0 Å². The molecule has 1 unspecified atom stereocenters. The number of carbonyl (C=O) groups is 1. The van der Waals surface area contributed by atoms with Gasteiger partial charge in [0.25, 0.3) is 0 Å². The first kappa shape index (κ1) is 15.0. The van der Waals surface area contributed by atoms with Gasteiger partial charge in [-0.3, -0.25) is 0 Å². The molecule has 0 amide bonds. The molecule has 2 heterocycles. The van der Waals surface area contributed by atoms with Crippen LogP contribution in [-0.4, -0.2) is 65.9 Å². The van der Waals surface area contributed by atoms with Crippen molar-refractivity contribution in [2.75, 3.05) is 26.3 Å². The minimum absolute atomic E-state index is 0.0517. The maximum Gasteiger partial charge on any atom is 0.352 e. The number of morpholine rings is 1. The number of aromatic carboxylic acids is 1. The summed E-state index contributed by atoms with van der Waals surface area (Å²) >= 11 is 0. The van der Waals surface area contributed by atoms with E-state index in [0.717, 1.165) is 6.07 Å². The second-order valence-corrected chi connectivity index (χ2v) is 6.45. The predicted molar refractivity (Wildman–Crippen MR) is 68.0 cm³/mol. The Morgan fingerprint density at radius 1 is 1.55 bits per heavy atom. The van der Waals surface area contributed by atoms with Crippen LogP contribution >= 0.6 is 0 Å². The highest BCUT2D eigenvalue weighted by Crippen LogP contribution is 2.20. The van der Waals surface area contributed by atoms with Crippen LogP contribution < -0.4 is 0 Å². The van der Waals surface area contributed by atoms with Crippen LogP contribution in [0.15, 0.2) is 17.2 Å². The van der Waals surface area contributed by atoms with Crippen LogP contribution in [0.1, 0.15) is 10.5 Å². The molecule has 0 saturated carbocycles. The number of ether oxygens (including phenoxy) is 1. The first-order valence-electron chi connectivity index (χ1n) is 5.98. The topological polar surface area (TPSA) is 109 Å². The van der Waals surface area contributed by atoms with E-state index in [-0.39, 0.29) is 36.9 Å². The Morgan fingerprint density at radius 2 is 2.25 bits per heavy atom. The standard InChI is InChI=1S/C11H16N2O6S/c1-12-6-9(4-10(12)11(15)16)20(17,18)13-2-3-19-8(5-13)7-14/h4,6,8,14H,2-3,5,7H2,1H3,(H,15,16). The lowest BCUT2D eigenvalue weighted by atomic mass is 10.3. The summed E-state index contributed by atoms with van der Waals surface area (Å²) in [5.74, 6) is -1.19.